The zero-order chi connectivity index (χ0) is 21.3. The highest BCUT2D eigenvalue weighted by Gasteiger charge is 2.15. The zero-order valence-electron chi connectivity index (χ0n) is 16.6. The first-order valence-corrected chi connectivity index (χ1v) is 10.1. The van der Waals surface area contributed by atoms with Crippen LogP contribution in [0, 0.1) is 5.82 Å². The molecule has 0 saturated carbocycles. The fourth-order valence-corrected chi connectivity index (χ4v) is 3.02. The zero-order valence-corrected chi connectivity index (χ0v) is 17.4. The van der Waals surface area contributed by atoms with E-state index >= 15 is 0 Å². The number of unbranched alkanes of at least 4 members (excludes halogenated alkanes) is 2. The molecular weight excluding hydrogens is 403 g/mol. The third-order valence-electron chi connectivity index (χ3n) is 4.30. The van der Waals surface area contributed by atoms with Crippen molar-refractivity contribution in [2.24, 2.45) is 0 Å². The van der Waals surface area contributed by atoms with Gasteiger partial charge in [-0.25, -0.2) is 9.07 Å². The van der Waals surface area contributed by atoms with Crippen LogP contribution in [0.4, 0.5) is 10.1 Å². The number of hydrogen-bond acceptors (Lipinski definition) is 4. The molecule has 0 spiro atoms. The van der Waals surface area contributed by atoms with Gasteiger partial charge in [-0.2, -0.15) is 5.10 Å². The van der Waals surface area contributed by atoms with Crippen molar-refractivity contribution in [3.05, 3.63) is 72.3 Å². The highest BCUT2D eigenvalue weighted by atomic mass is 32.1. The van der Waals surface area contributed by atoms with E-state index in [1.807, 2.05) is 30.3 Å². The van der Waals surface area contributed by atoms with Gasteiger partial charge in [-0.1, -0.05) is 38.0 Å². The van der Waals surface area contributed by atoms with Gasteiger partial charge in [0, 0.05) is 11.8 Å². The molecule has 0 radical (unpaired) electrons. The Morgan fingerprint density at radius 3 is 2.70 bits per heavy atom. The first-order chi connectivity index (χ1) is 14.6. The normalized spacial score (nSPS) is 10.5. The average molecular weight is 427 g/mol. The van der Waals surface area contributed by atoms with Crippen LogP contribution in [0.3, 0.4) is 0 Å². The highest BCUT2D eigenvalue weighted by molar-refractivity contribution is 7.80. The van der Waals surface area contributed by atoms with Crippen molar-refractivity contribution in [3.63, 3.8) is 0 Å². The second-order valence-corrected chi connectivity index (χ2v) is 6.98. The van der Waals surface area contributed by atoms with Crippen LogP contribution in [0.5, 0.6) is 5.75 Å². The number of halogens is 1. The Bertz CT molecular complexity index is 1010. The fourth-order valence-electron chi connectivity index (χ4n) is 2.81. The first kappa shape index (κ1) is 21.4. The van der Waals surface area contributed by atoms with Crippen LogP contribution in [0.15, 0.2) is 60.8 Å². The van der Waals surface area contributed by atoms with Crippen molar-refractivity contribution in [2.45, 2.75) is 26.2 Å². The molecule has 1 aromatic heterocycles. The summed E-state index contributed by atoms with van der Waals surface area (Å²) in [5.41, 5.74) is 1.49. The predicted molar refractivity (Wildman–Crippen MR) is 119 cm³/mol. The van der Waals surface area contributed by atoms with Crippen LogP contribution in [0.1, 0.15) is 36.7 Å². The minimum atomic E-state index is -0.493. The topological polar surface area (TPSA) is 68.2 Å². The maximum Gasteiger partial charge on any atom is 0.276 e. The number of rotatable bonds is 8. The second kappa shape index (κ2) is 10.5. The van der Waals surface area contributed by atoms with Gasteiger partial charge in [0.15, 0.2) is 16.7 Å². The van der Waals surface area contributed by atoms with Gasteiger partial charge >= 0.3 is 0 Å². The SMILES string of the molecule is CCCCCOc1ccc(NC(=S)NC(=O)c2ccnn2-c2ccccc2)cc1F. The van der Waals surface area contributed by atoms with Crippen molar-refractivity contribution in [1.82, 2.24) is 15.1 Å². The molecule has 0 aliphatic heterocycles. The third kappa shape index (κ3) is 5.64. The first-order valence-electron chi connectivity index (χ1n) is 9.72. The van der Waals surface area contributed by atoms with E-state index in [2.05, 4.69) is 22.7 Å². The summed E-state index contributed by atoms with van der Waals surface area (Å²) in [6.45, 7) is 2.57. The lowest BCUT2D eigenvalue weighted by Crippen LogP contribution is -2.35. The Hall–Kier alpha value is -3.26. The summed E-state index contributed by atoms with van der Waals surface area (Å²) in [6.07, 6.45) is 4.53. The molecule has 156 valence electrons. The molecule has 0 aliphatic rings. The largest absolute Gasteiger partial charge is 0.491 e. The standard InChI is InChI=1S/C22H23FN4O2S/c1-2-3-7-14-29-20-11-10-16(15-18(20)23)25-22(30)26-21(28)19-12-13-24-27(19)17-8-5-4-6-9-17/h4-6,8-13,15H,2-3,7,14H2,1H3,(H2,25,26,28,30). The summed E-state index contributed by atoms with van der Waals surface area (Å²) in [5, 5.41) is 9.64. The number of hydrogen-bond donors (Lipinski definition) is 2. The Labute approximate surface area is 180 Å². The molecule has 30 heavy (non-hydrogen) atoms. The minimum absolute atomic E-state index is 0.0526. The van der Waals surface area contributed by atoms with Crippen LogP contribution in [0.2, 0.25) is 0 Å². The van der Waals surface area contributed by atoms with E-state index in [9.17, 15) is 9.18 Å². The number of ether oxygens (including phenoxy) is 1. The lowest BCUT2D eigenvalue weighted by Gasteiger charge is -2.12. The Kier molecular flexibility index (Phi) is 7.51. The van der Waals surface area contributed by atoms with Gasteiger partial charge in [0.05, 0.1) is 18.5 Å². The monoisotopic (exact) mass is 426 g/mol. The van der Waals surface area contributed by atoms with Gasteiger partial charge in [0.1, 0.15) is 5.69 Å². The van der Waals surface area contributed by atoms with E-state index in [0.717, 1.165) is 24.9 Å². The number of nitrogens with zero attached hydrogens (tertiary/aromatic N) is 2. The van der Waals surface area contributed by atoms with Gasteiger partial charge in [0.25, 0.3) is 5.91 Å². The molecule has 2 aromatic carbocycles. The molecule has 0 fully saturated rings. The molecule has 6 nitrogen and oxygen atoms in total. The lowest BCUT2D eigenvalue weighted by atomic mass is 10.2. The molecule has 0 saturated heterocycles. The summed E-state index contributed by atoms with van der Waals surface area (Å²) in [6, 6.07) is 15.3. The van der Waals surface area contributed by atoms with E-state index in [4.69, 9.17) is 17.0 Å². The molecular formula is C22H23FN4O2S. The lowest BCUT2D eigenvalue weighted by molar-refractivity contribution is 0.0970. The molecule has 1 heterocycles. The molecule has 0 unspecified atom stereocenters. The van der Waals surface area contributed by atoms with Crippen molar-refractivity contribution in [1.29, 1.82) is 0 Å². The predicted octanol–water partition coefficient (Wildman–Crippen LogP) is 4.71. The maximum atomic E-state index is 14.2. The van der Waals surface area contributed by atoms with Gasteiger partial charge in [0.2, 0.25) is 0 Å². The molecule has 8 heteroatoms. The van der Waals surface area contributed by atoms with Crippen LogP contribution in [-0.4, -0.2) is 27.4 Å². The van der Waals surface area contributed by atoms with Crippen molar-refractivity contribution < 1.29 is 13.9 Å². The van der Waals surface area contributed by atoms with E-state index < -0.39 is 11.7 Å². The van der Waals surface area contributed by atoms with E-state index in [0.29, 0.717) is 18.0 Å². The van der Waals surface area contributed by atoms with E-state index in [1.54, 1.807) is 18.2 Å². The quantitative estimate of drug-likeness (QED) is 0.403. The number of amides is 1. The van der Waals surface area contributed by atoms with Crippen LogP contribution in [0.25, 0.3) is 5.69 Å². The second-order valence-electron chi connectivity index (χ2n) is 6.57. The minimum Gasteiger partial charge on any atom is -0.491 e. The summed E-state index contributed by atoms with van der Waals surface area (Å²) in [5.74, 6) is -0.726. The molecule has 0 atom stereocenters. The molecule has 3 aromatic rings. The van der Waals surface area contributed by atoms with E-state index in [-0.39, 0.29) is 10.9 Å². The van der Waals surface area contributed by atoms with Crippen LogP contribution < -0.4 is 15.4 Å². The van der Waals surface area contributed by atoms with Gasteiger partial charge in [-0.05, 0) is 49.0 Å². The average Bonchev–Trinajstić information content (AvgIpc) is 3.23. The van der Waals surface area contributed by atoms with Gasteiger partial charge in [-0.15, -0.1) is 0 Å². The number of thiocarbonyl (C=S) groups is 1. The molecule has 0 aliphatic carbocycles. The number of aromatic nitrogens is 2. The number of carbonyl (C=O) groups excluding carboxylic acids is 1. The van der Waals surface area contributed by atoms with Gasteiger partial charge < -0.3 is 10.1 Å². The molecule has 2 N–H and O–H groups in total. The smallest absolute Gasteiger partial charge is 0.276 e. The maximum absolute atomic E-state index is 14.2. The van der Waals surface area contributed by atoms with Crippen LogP contribution >= 0.6 is 12.2 Å². The van der Waals surface area contributed by atoms with Crippen molar-refractivity contribution in [3.8, 4) is 11.4 Å². The van der Waals surface area contributed by atoms with Crippen molar-refractivity contribution in [2.75, 3.05) is 11.9 Å². The van der Waals surface area contributed by atoms with Crippen molar-refractivity contribution >= 4 is 28.9 Å². The number of nitrogens with one attached hydrogen (secondary N) is 2. The van der Waals surface area contributed by atoms with E-state index in [1.165, 1.54) is 16.9 Å². The summed E-state index contributed by atoms with van der Waals surface area (Å²) in [4.78, 5) is 12.6. The fraction of sp³-hybridized carbons (Fsp3) is 0.227. The number of benzene rings is 2. The highest BCUT2D eigenvalue weighted by Crippen LogP contribution is 2.21. The Morgan fingerprint density at radius 2 is 1.97 bits per heavy atom. The molecule has 3 rings (SSSR count). The number of carbonyl (C=O) groups is 1. The van der Waals surface area contributed by atoms with Gasteiger partial charge in [-0.3, -0.25) is 10.1 Å². The molecule has 1 amide bonds. The summed E-state index contributed by atoms with van der Waals surface area (Å²) < 4.78 is 21.2. The van der Waals surface area contributed by atoms with Crippen LogP contribution in [-0.2, 0) is 0 Å². The third-order valence-corrected chi connectivity index (χ3v) is 4.50. The Balaban J connectivity index is 1.59. The number of para-hydroxylation sites is 1. The molecule has 0 bridgehead atoms. The number of anilines is 1. The Morgan fingerprint density at radius 1 is 1.17 bits per heavy atom. The summed E-state index contributed by atoms with van der Waals surface area (Å²) in [7, 11) is 0. The summed E-state index contributed by atoms with van der Waals surface area (Å²) >= 11 is 5.19.